The van der Waals surface area contributed by atoms with E-state index >= 15 is 0 Å². The van der Waals surface area contributed by atoms with Crippen molar-refractivity contribution in [2.75, 3.05) is 13.1 Å². The van der Waals surface area contributed by atoms with E-state index in [-0.39, 0.29) is 17.3 Å². The lowest BCUT2D eigenvalue weighted by Gasteiger charge is -2.24. The standard InChI is InChI=1S/C19H20N2O4/c1-14-9-10-17(16(13-14)21(23)24)25-18(15-7-3-2-4-8-15)19(22)20-11-5-6-12-20/h2-4,7-10,13,18H,5-6,11-12H2,1H3/t18-/m0/s1. The van der Waals surface area contributed by atoms with Crippen LogP contribution in [-0.2, 0) is 4.79 Å². The van der Waals surface area contributed by atoms with Gasteiger partial charge in [-0.25, -0.2) is 0 Å². The van der Waals surface area contributed by atoms with Gasteiger partial charge in [-0.3, -0.25) is 14.9 Å². The second-order valence-electron chi connectivity index (χ2n) is 6.17. The molecule has 1 saturated heterocycles. The Morgan fingerprint density at radius 2 is 1.84 bits per heavy atom. The van der Waals surface area contributed by atoms with E-state index in [1.54, 1.807) is 36.1 Å². The highest BCUT2D eigenvalue weighted by Gasteiger charge is 2.31. The minimum absolute atomic E-state index is 0.108. The molecule has 1 atom stereocenters. The van der Waals surface area contributed by atoms with Crippen LogP contribution < -0.4 is 4.74 Å². The minimum atomic E-state index is -0.888. The Balaban J connectivity index is 1.95. The molecule has 2 aromatic rings. The summed E-state index contributed by atoms with van der Waals surface area (Å²) >= 11 is 0. The summed E-state index contributed by atoms with van der Waals surface area (Å²) in [6.45, 7) is 3.17. The predicted molar refractivity (Wildman–Crippen MR) is 93.5 cm³/mol. The monoisotopic (exact) mass is 340 g/mol. The van der Waals surface area contributed by atoms with E-state index in [0.29, 0.717) is 18.7 Å². The van der Waals surface area contributed by atoms with Crippen LogP contribution >= 0.6 is 0 Å². The third-order valence-corrected chi connectivity index (χ3v) is 4.30. The van der Waals surface area contributed by atoms with Gasteiger partial charge in [0, 0.05) is 24.7 Å². The average molecular weight is 340 g/mol. The molecule has 2 aromatic carbocycles. The Labute approximate surface area is 146 Å². The van der Waals surface area contributed by atoms with Crippen molar-refractivity contribution in [3.63, 3.8) is 0 Å². The first-order valence-corrected chi connectivity index (χ1v) is 8.31. The zero-order chi connectivity index (χ0) is 17.8. The molecule has 6 heteroatoms. The van der Waals surface area contributed by atoms with E-state index < -0.39 is 11.0 Å². The van der Waals surface area contributed by atoms with Crippen LogP contribution in [0.15, 0.2) is 48.5 Å². The van der Waals surface area contributed by atoms with E-state index in [0.717, 1.165) is 18.4 Å². The first kappa shape index (κ1) is 17.0. The number of nitro benzene ring substituents is 1. The fourth-order valence-corrected chi connectivity index (χ4v) is 2.99. The van der Waals surface area contributed by atoms with Crippen LogP contribution in [0.2, 0.25) is 0 Å². The number of nitrogens with zero attached hydrogens (tertiary/aromatic N) is 2. The van der Waals surface area contributed by atoms with Crippen molar-refractivity contribution in [3.8, 4) is 5.75 Å². The lowest BCUT2D eigenvalue weighted by Crippen LogP contribution is -2.35. The van der Waals surface area contributed by atoms with Crippen molar-refractivity contribution >= 4 is 11.6 Å². The van der Waals surface area contributed by atoms with Crippen LogP contribution in [0.25, 0.3) is 0 Å². The largest absolute Gasteiger partial charge is 0.469 e. The Morgan fingerprint density at radius 1 is 1.16 bits per heavy atom. The van der Waals surface area contributed by atoms with Crippen LogP contribution in [0.1, 0.15) is 30.1 Å². The van der Waals surface area contributed by atoms with E-state index in [4.69, 9.17) is 4.74 Å². The molecule has 0 unspecified atom stereocenters. The second-order valence-corrected chi connectivity index (χ2v) is 6.17. The third-order valence-electron chi connectivity index (χ3n) is 4.30. The average Bonchev–Trinajstić information content (AvgIpc) is 3.15. The normalized spacial score (nSPS) is 15.0. The predicted octanol–water partition coefficient (Wildman–Crippen LogP) is 3.65. The van der Waals surface area contributed by atoms with Gasteiger partial charge in [-0.05, 0) is 31.4 Å². The van der Waals surface area contributed by atoms with Crippen molar-refractivity contribution in [1.82, 2.24) is 4.90 Å². The second kappa shape index (κ2) is 7.34. The lowest BCUT2D eigenvalue weighted by atomic mass is 10.1. The zero-order valence-electron chi connectivity index (χ0n) is 14.1. The van der Waals surface area contributed by atoms with Gasteiger partial charge in [0.1, 0.15) is 0 Å². The molecular weight excluding hydrogens is 320 g/mol. The van der Waals surface area contributed by atoms with Crippen LogP contribution in [0, 0.1) is 17.0 Å². The molecule has 1 fully saturated rings. The number of aryl methyl sites for hydroxylation is 1. The first-order valence-electron chi connectivity index (χ1n) is 8.31. The van der Waals surface area contributed by atoms with Crippen molar-refractivity contribution in [2.24, 2.45) is 0 Å². The molecule has 1 aliphatic rings. The summed E-state index contributed by atoms with van der Waals surface area (Å²) in [5.74, 6) is -0.0458. The van der Waals surface area contributed by atoms with Crippen molar-refractivity contribution in [1.29, 1.82) is 0 Å². The van der Waals surface area contributed by atoms with Gasteiger partial charge in [0.05, 0.1) is 4.92 Å². The van der Waals surface area contributed by atoms with E-state index in [2.05, 4.69) is 0 Å². The fourth-order valence-electron chi connectivity index (χ4n) is 2.99. The molecule has 1 aliphatic heterocycles. The summed E-state index contributed by atoms with van der Waals surface area (Å²) in [4.78, 5) is 25.6. The summed E-state index contributed by atoms with van der Waals surface area (Å²) in [5.41, 5.74) is 1.32. The lowest BCUT2D eigenvalue weighted by molar-refractivity contribution is -0.386. The summed E-state index contributed by atoms with van der Waals surface area (Å²) in [6, 6.07) is 13.9. The molecular formula is C19H20N2O4. The maximum absolute atomic E-state index is 12.9. The van der Waals surface area contributed by atoms with Gasteiger partial charge in [0.25, 0.3) is 5.91 Å². The summed E-state index contributed by atoms with van der Waals surface area (Å²) in [7, 11) is 0. The van der Waals surface area contributed by atoms with Crippen molar-refractivity contribution in [3.05, 3.63) is 69.8 Å². The molecule has 0 aliphatic carbocycles. The summed E-state index contributed by atoms with van der Waals surface area (Å²) < 4.78 is 5.89. The first-order chi connectivity index (χ1) is 12.1. The van der Waals surface area contributed by atoms with Crippen LogP contribution in [0.4, 0.5) is 5.69 Å². The van der Waals surface area contributed by atoms with Crippen molar-refractivity contribution < 1.29 is 14.5 Å². The highest BCUT2D eigenvalue weighted by atomic mass is 16.6. The van der Waals surface area contributed by atoms with Gasteiger partial charge in [-0.15, -0.1) is 0 Å². The SMILES string of the molecule is Cc1ccc(O[C@H](C(=O)N2CCCC2)c2ccccc2)c([N+](=O)[O-])c1. The summed E-state index contributed by atoms with van der Waals surface area (Å²) in [6.07, 6.45) is 1.05. The number of hydrogen-bond donors (Lipinski definition) is 0. The number of rotatable bonds is 5. The number of carbonyl (C=O) groups excluding carboxylic acids is 1. The number of benzene rings is 2. The van der Waals surface area contributed by atoms with Gasteiger partial charge in [0.15, 0.2) is 5.75 Å². The molecule has 1 amide bonds. The van der Waals surface area contributed by atoms with Crippen LogP contribution in [0.3, 0.4) is 0 Å². The molecule has 1 heterocycles. The molecule has 0 bridgehead atoms. The number of amides is 1. The highest BCUT2D eigenvalue weighted by molar-refractivity contribution is 5.83. The van der Waals surface area contributed by atoms with Gasteiger partial charge < -0.3 is 9.64 Å². The maximum atomic E-state index is 12.9. The molecule has 25 heavy (non-hydrogen) atoms. The fraction of sp³-hybridized carbons (Fsp3) is 0.316. The smallest absolute Gasteiger partial charge is 0.311 e. The Bertz CT molecular complexity index is 770. The molecule has 0 N–H and O–H groups in total. The zero-order valence-corrected chi connectivity index (χ0v) is 14.1. The van der Waals surface area contributed by atoms with Gasteiger partial charge in [0.2, 0.25) is 6.10 Å². The quantitative estimate of drug-likeness (QED) is 0.615. The Hall–Kier alpha value is -2.89. The molecule has 6 nitrogen and oxygen atoms in total. The topological polar surface area (TPSA) is 72.7 Å². The number of nitro groups is 1. The molecule has 0 aromatic heterocycles. The Kier molecular flexibility index (Phi) is 4.97. The molecule has 0 radical (unpaired) electrons. The third kappa shape index (κ3) is 3.79. The van der Waals surface area contributed by atoms with Gasteiger partial charge >= 0.3 is 5.69 Å². The van der Waals surface area contributed by atoms with Gasteiger partial charge in [-0.1, -0.05) is 36.4 Å². The van der Waals surface area contributed by atoms with E-state index in [9.17, 15) is 14.9 Å². The van der Waals surface area contributed by atoms with E-state index in [1.807, 2.05) is 18.2 Å². The Morgan fingerprint density at radius 3 is 2.48 bits per heavy atom. The number of hydrogen-bond acceptors (Lipinski definition) is 4. The molecule has 130 valence electrons. The number of ether oxygens (including phenoxy) is 1. The molecule has 0 spiro atoms. The maximum Gasteiger partial charge on any atom is 0.311 e. The minimum Gasteiger partial charge on any atom is -0.469 e. The molecule has 0 saturated carbocycles. The van der Waals surface area contributed by atoms with Crippen molar-refractivity contribution in [2.45, 2.75) is 25.9 Å². The molecule has 3 rings (SSSR count). The summed E-state index contributed by atoms with van der Waals surface area (Å²) in [5, 5.41) is 11.3. The van der Waals surface area contributed by atoms with E-state index in [1.165, 1.54) is 6.07 Å². The van der Waals surface area contributed by atoms with Crippen LogP contribution in [-0.4, -0.2) is 28.8 Å². The number of likely N-dealkylation sites (tertiary alicyclic amines) is 1. The van der Waals surface area contributed by atoms with Gasteiger partial charge in [-0.2, -0.15) is 0 Å². The highest BCUT2D eigenvalue weighted by Crippen LogP contribution is 2.33. The van der Waals surface area contributed by atoms with Crippen LogP contribution in [0.5, 0.6) is 5.75 Å². The number of carbonyl (C=O) groups is 1.